The fourth-order valence-electron chi connectivity index (χ4n) is 3.54. The maximum atomic E-state index is 12.3. The molecule has 2 fully saturated rings. The number of hydrogen-bond donors (Lipinski definition) is 3. The van der Waals surface area contributed by atoms with Gasteiger partial charge in [0, 0.05) is 25.2 Å². The predicted molar refractivity (Wildman–Crippen MR) is 93.6 cm³/mol. The largest absolute Gasteiger partial charge is 0.337 e. The molecule has 2 atom stereocenters. The molecule has 0 aromatic rings. The van der Waals surface area contributed by atoms with Crippen LogP contribution in [0.2, 0.25) is 0 Å². The number of nitrogens with zero attached hydrogens (tertiary/aromatic N) is 1. The third kappa shape index (κ3) is 6.18. The summed E-state index contributed by atoms with van der Waals surface area (Å²) in [6, 6.07) is 0.144. The topological polar surface area (TPSA) is 87.5 Å². The zero-order valence-electron chi connectivity index (χ0n) is 14.1. The second-order valence-corrected chi connectivity index (χ2v) is 6.77. The van der Waals surface area contributed by atoms with E-state index in [0.717, 1.165) is 32.2 Å². The van der Waals surface area contributed by atoms with Crippen LogP contribution in [0.4, 0.5) is 4.79 Å². The van der Waals surface area contributed by atoms with Crippen LogP contribution in [0.25, 0.3) is 0 Å². The SMILES string of the molecule is CC1CCN(C(=O)CNC(=O)NC2CCCCC2)C(CN)C1.Cl. The lowest BCUT2D eigenvalue weighted by Gasteiger charge is -2.38. The molecule has 6 nitrogen and oxygen atoms in total. The van der Waals surface area contributed by atoms with Crippen molar-refractivity contribution in [1.82, 2.24) is 15.5 Å². The van der Waals surface area contributed by atoms with Crippen molar-refractivity contribution in [2.24, 2.45) is 11.7 Å². The van der Waals surface area contributed by atoms with Crippen LogP contribution in [0, 0.1) is 5.92 Å². The first kappa shape index (κ1) is 20.0. The number of nitrogens with two attached hydrogens (primary N) is 1. The minimum atomic E-state index is -0.227. The predicted octanol–water partition coefficient (Wildman–Crippen LogP) is 1.63. The van der Waals surface area contributed by atoms with E-state index >= 15 is 0 Å². The Kier molecular flexibility index (Phi) is 8.69. The van der Waals surface area contributed by atoms with E-state index in [1.807, 2.05) is 4.90 Å². The van der Waals surface area contributed by atoms with Gasteiger partial charge in [0.25, 0.3) is 0 Å². The monoisotopic (exact) mass is 346 g/mol. The molecule has 1 aliphatic carbocycles. The van der Waals surface area contributed by atoms with E-state index < -0.39 is 0 Å². The molecule has 134 valence electrons. The van der Waals surface area contributed by atoms with Gasteiger partial charge in [-0.15, -0.1) is 12.4 Å². The summed E-state index contributed by atoms with van der Waals surface area (Å²) in [5, 5.41) is 5.66. The zero-order valence-corrected chi connectivity index (χ0v) is 14.9. The third-order valence-corrected chi connectivity index (χ3v) is 4.91. The molecule has 0 bridgehead atoms. The molecular formula is C16H31ClN4O2. The normalized spacial score (nSPS) is 25.4. The van der Waals surface area contributed by atoms with Gasteiger partial charge in [-0.25, -0.2) is 4.79 Å². The molecule has 23 heavy (non-hydrogen) atoms. The number of piperidine rings is 1. The van der Waals surface area contributed by atoms with Crippen LogP contribution in [-0.2, 0) is 4.79 Å². The van der Waals surface area contributed by atoms with E-state index in [2.05, 4.69) is 17.6 Å². The van der Waals surface area contributed by atoms with Crippen molar-refractivity contribution in [2.45, 2.75) is 64.0 Å². The van der Waals surface area contributed by atoms with Crippen molar-refractivity contribution >= 4 is 24.3 Å². The van der Waals surface area contributed by atoms with Crippen molar-refractivity contribution in [2.75, 3.05) is 19.6 Å². The zero-order chi connectivity index (χ0) is 15.9. The Morgan fingerprint density at radius 1 is 1.17 bits per heavy atom. The van der Waals surface area contributed by atoms with Crippen LogP contribution in [0.15, 0.2) is 0 Å². The summed E-state index contributed by atoms with van der Waals surface area (Å²) in [5.41, 5.74) is 5.78. The van der Waals surface area contributed by atoms with Crippen molar-refractivity contribution in [1.29, 1.82) is 0 Å². The van der Waals surface area contributed by atoms with Gasteiger partial charge in [0.05, 0.1) is 6.54 Å². The van der Waals surface area contributed by atoms with Crippen molar-refractivity contribution in [3.8, 4) is 0 Å². The highest BCUT2D eigenvalue weighted by atomic mass is 35.5. The number of halogens is 1. The van der Waals surface area contributed by atoms with Gasteiger partial charge in [-0.2, -0.15) is 0 Å². The lowest BCUT2D eigenvalue weighted by Crippen LogP contribution is -2.53. The summed E-state index contributed by atoms with van der Waals surface area (Å²) < 4.78 is 0. The Labute approximate surface area is 145 Å². The molecule has 4 N–H and O–H groups in total. The standard InChI is InChI=1S/C16H30N4O2.ClH/c1-12-7-8-20(14(9-12)10-17)15(21)11-18-16(22)19-13-5-3-2-4-6-13;/h12-14H,2-11,17H2,1H3,(H2,18,19,22);1H. The van der Waals surface area contributed by atoms with Crippen LogP contribution in [0.3, 0.4) is 0 Å². The minimum Gasteiger partial charge on any atom is -0.337 e. The fraction of sp³-hybridized carbons (Fsp3) is 0.875. The molecule has 1 saturated carbocycles. The maximum absolute atomic E-state index is 12.3. The average molecular weight is 347 g/mol. The van der Waals surface area contributed by atoms with Crippen molar-refractivity contribution in [3.05, 3.63) is 0 Å². The van der Waals surface area contributed by atoms with E-state index in [-0.39, 0.29) is 43.0 Å². The smallest absolute Gasteiger partial charge is 0.315 e. The summed E-state index contributed by atoms with van der Waals surface area (Å²) >= 11 is 0. The lowest BCUT2D eigenvalue weighted by atomic mass is 9.92. The first-order valence-corrected chi connectivity index (χ1v) is 8.64. The highest BCUT2D eigenvalue weighted by Gasteiger charge is 2.28. The number of likely N-dealkylation sites (tertiary alicyclic amines) is 1. The van der Waals surface area contributed by atoms with Crippen molar-refractivity contribution < 1.29 is 9.59 Å². The summed E-state index contributed by atoms with van der Waals surface area (Å²) in [6.45, 7) is 3.49. The Morgan fingerprint density at radius 2 is 1.87 bits per heavy atom. The molecular weight excluding hydrogens is 316 g/mol. The average Bonchev–Trinajstić information content (AvgIpc) is 2.53. The molecule has 1 aliphatic heterocycles. The van der Waals surface area contributed by atoms with Gasteiger partial charge < -0.3 is 21.3 Å². The molecule has 1 heterocycles. The summed E-state index contributed by atoms with van der Waals surface area (Å²) in [5.74, 6) is 0.585. The van der Waals surface area contributed by atoms with E-state index in [1.54, 1.807) is 0 Å². The molecule has 1 saturated heterocycles. The number of carbonyl (C=O) groups is 2. The van der Waals surface area contributed by atoms with Gasteiger partial charge in [-0.1, -0.05) is 26.2 Å². The van der Waals surface area contributed by atoms with E-state index in [4.69, 9.17) is 5.73 Å². The second-order valence-electron chi connectivity index (χ2n) is 6.77. The quantitative estimate of drug-likeness (QED) is 0.723. The van der Waals surface area contributed by atoms with E-state index in [9.17, 15) is 9.59 Å². The molecule has 0 aromatic heterocycles. The first-order chi connectivity index (χ1) is 10.6. The molecule has 0 spiro atoms. The summed E-state index contributed by atoms with van der Waals surface area (Å²) in [4.78, 5) is 26.0. The van der Waals surface area contributed by atoms with Crippen LogP contribution in [-0.4, -0.2) is 48.6 Å². The first-order valence-electron chi connectivity index (χ1n) is 8.64. The third-order valence-electron chi connectivity index (χ3n) is 4.91. The number of urea groups is 1. The summed E-state index contributed by atoms with van der Waals surface area (Å²) in [6.07, 6.45) is 7.66. The number of hydrogen-bond acceptors (Lipinski definition) is 3. The van der Waals surface area contributed by atoms with Crippen LogP contribution >= 0.6 is 12.4 Å². The highest BCUT2D eigenvalue weighted by molar-refractivity contribution is 5.85. The van der Waals surface area contributed by atoms with Crippen LogP contribution in [0.1, 0.15) is 51.9 Å². The molecule has 2 aliphatic rings. The fourth-order valence-corrected chi connectivity index (χ4v) is 3.54. The molecule has 0 radical (unpaired) electrons. The highest BCUT2D eigenvalue weighted by Crippen LogP contribution is 2.21. The molecule has 2 unspecified atom stereocenters. The van der Waals surface area contributed by atoms with Gasteiger partial charge in [0.2, 0.25) is 5.91 Å². The number of amides is 3. The van der Waals surface area contributed by atoms with Crippen LogP contribution < -0.4 is 16.4 Å². The molecule has 0 aromatic carbocycles. The lowest BCUT2D eigenvalue weighted by molar-refractivity contribution is -0.134. The van der Waals surface area contributed by atoms with Gasteiger partial charge >= 0.3 is 6.03 Å². The maximum Gasteiger partial charge on any atom is 0.315 e. The number of rotatable bonds is 4. The number of carbonyl (C=O) groups excluding carboxylic acids is 2. The van der Waals surface area contributed by atoms with E-state index in [1.165, 1.54) is 19.3 Å². The second kappa shape index (κ2) is 9.98. The van der Waals surface area contributed by atoms with Gasteiger partial charge in [-0.05, 0) is 31.6 Å². The Balaban J connectivity index is 0.00000264. The molecule has 7 heteroatoms. The van der Waals surface area contributed by atoms with Crippen LogP contribution in [0.5, 0.6) is 0 Å². The van der Waals surface area contributed by atoms with E-state index in [0.29, 0.717) is 12.5 Å². The Hall–Kier alpha value is -1.01. The summed E-state index contributed by atoms with van der Waals surface area (Å²) in [7, 11) is 0. The Morgan fingerprint density at radius 3 is 2.52 bits per heavy atom. The van der Waals surface area contributed by atoms with Gasteiger partial charge in [0.1, 0.15) is 0 Å². The van der Waals surface area contributed by atoms with Gasteiger partial charge in [-0.3, -0.25) is 4.79 Å². The molecule has 2 rings (SSSR count). The number of nitrogens with one attached hydrogen (secondary N) is 2. The Bertz CT molecular complexity index is 388. The van der Waals surface area contributed by atoms with Crippen molar-refractivity contribution in [3.63, 3.8) is 0 Å². The molecule has 3 amide bonds. The minimum absolute atomic E-state index is 0. The van der Waals surface area contributed by atoms with Gasteiger partial charge in [0.15, 0.2) is 0 Å².